The van der Waals surface area contributed by atoms with Crippen LogP contribution in [0.15, 0.2) is 65.3 Å². The molecule has 4 rings (SSSR count). The number of carbonyl (C=O) groups is 2. The number of hydrogen-bond donors (Lipinski definition) is 2. The molecule has 1 atom stereocenters. The van der Waals surface area contributed by atoms with Crippen molar-refractivity contribution in [2.45, 2.75) is 30.5 Å². The Bertz CT molecular complexity index is 1300. The number of methoxy groups -OCH3 is 1. The summed E-state index contributed by atoms with van der Waals surface area (Å²) in [5.41, 5.74) is 3.43. The molecule has 2 aromatic heterocycles. The fourth-order valence-corrected chi connectivity index (χ4v) is 5.46. The minimum atomic E-state index is -0.336. The highest BCUT2D eigenvalue weighted by Crippen LogP contribution is 2.40. The first kappa shape index (κ1) is 23.7. The van der Waals surface area contributed by atoms with Crippen LogP contribution >= 0.6 is 23.1 Å². The van der Waals surface area contributed by atoms with E-state index >= 15 is 0 Å². The van der Waals surface area contributed by atoms with Gasteiger partial charge in [-0.1, -0.05) is 30.8 Å². The van der Waals surface area contributed by atoms with Crippen LogP contribution in [0.5, 0.6) is 5.75 Å². The van der Waals surface area contributed by atoms with Gasteiger partial charge in [-0.2, -0.15) is 0 Å². The van der Waals surface area contributed by atoms with Crippen molar-refractivity contribution < 1.29 is 14.3 Å². The minimum absolute atomic E-state index is 0.104. The van der Waals surface area contributed by atoms with Crippen molar-refractivity contribution in [2.75, 3.05) is 17.7 Å². The van der Waals surface area contributed by atoms with Gasteiger partial charge >= 0.3 is 0 Å². The number of fused-ring (bicyclic) bond motifs is 1. The number of ether oxygens (including phenoxy) is 1. The van der Waals surface area contributed by atoms with Gasteiger partial charge < -0.3 is 15.4 Å². The predicted octanol–water partition coefficient (Wildman–Crippen LogP) is 5.83. The number of nitrogens with one attached hydrogen (secondary N) is 2. The lowest BCUT2D eigenvalue weighted by Gasteiger charge is -2.15. The molecule has 0 saturated carbocycles. The molecule has 174 valence electrons. The van der Waals surface area contributed by atoms with E-state index in [-0.39, 0.29) is 17.1 Å². The summed E-state index contributed by atoms with van der Waals surface area (Å²) in [5, 5.41) is 9.15. The van der Waals surface area contributed by atoms with Crippen molar-refractivity contribution in [1.29, 1.82) is 0 Å². The molecule has 0 aliphatic rings. The Morgan fingerprint density at radius 2 is 1.71 bits per heavy atom. The van der Waals surface area contributed by atoms with Crippen LogP contribution in [-0.2, 0) is 9.59 Å². The number of thiophene rings is 1. The average molecular weight is 493 g/mol. The Kier molecular flexibility index (Phi) is 7.44. The first-order chi connectivity index (χ1) is 16.5. The molecule has 0 fully saturated rings. The number of rotatable bonds is 8. The molecule has 0 aliphatic carbocycles. The van der Waals surface area contributed by atoms with E-state index < -0.39 is 0 Å². The van der Waals surface area contributed by atoms with Crippen molar-refractivity contribution in [2.24, 2.45) is 0 Å². The number of thioether (sulfide) groups is 1. The van der Waals surface area contributed by atoms with E-state index in [1.54, 1.807) is 49.0 Å². The molecule has 9 heteroatoms. The number of anilines is 2. The summed E-state index contributed by atoms with van der Waals surface area (Å²) < 4.78 is 5.27. The molecule has 2 heterocycles. The first-order valence-corrected chi connectivity index (χ1v) is 12.5. The number of hydrogen-bond acceptors (Lipinski definition) is 7. The molecule has 0 radical (unpaired) electrons. The molecule has 0 saturated heterocycles. The van der Waals surface area contributed by atoms with Gasteiger partial charge in [-0.25, -0.2) is 9.97 Å². The molecule has 1 unspecified atom stereocenters. The Balaban J connectivity index is 1.56. The third-order valence-electron chi connectivity index (χ3n) is 5.13. The highest BCUT2D eigenvalue weighted by atomic mass is 32.2. The Morgan fingerprint density at radius 3 is 2.32 bits per heavy atom. The van der Waals surface area contributed by atoms with Gasteiger partial charge in [0.15, 0.2) is 0 Å². The lowest BCUT2D eigenvalue weighted by atomic mass is 10.1. The van der Waals surface area contributed by atoms with E-state index in [0.29, 0.717) is 17.8 Å². The second-order valence-corrected chi connectivity index (χ2v) is 9.55. The third-order valence-corrected chi connectivity index (χ3v) is 7.38. The third kappa shape index (κ3) is 5.37. The average Bonchev–Trinajstić information content (AvgIpc) is 3.28. The maximum Gasteiger partial charge on any atom is 0.237 e. The second-order valence-electron chi connectivity index (χ2n) is 7.50. The molecular weight excluding hydrogens is 468 g/mol. The van der Waals surface area contributed by atoms with Crippen molar-refractivity contribution in [3.63, 3.8) is 0 Å². The minimum Gasteiger partial charge on any atom is -0.497 e. The van der Waals surface area contributed by atoms with E-state index in [0.717, 1.165) is 32.1 Å². The predicted molar refractivity (Wildman–Crippen MR) is 139 cm³/mol. The smallest absolute Gasteiger partial charge is 0.237 e. The van der Waals surface area contributed by atoms with E-state index in [4.69, 9.17) is 4.74 Å². The van der Waals surface area contributed by atoms with Gasteiger partial charge in [-0.05, 0) is 48.4 Å². The quantitative estimate of drug-likeness (QED) is 0.237. The fourth-order valence-electron chi connectivity index (χ4n) is 3.44. The summed E-state index contributed by atoms with van der Waals surface area (Å²) in [6.45, 7) is 3.43. The topological polar surface area (TPSA) is 93.2 Å². The summed E-state index contributed by atoms with van der Waals surface area (Å²) in [6, 6.07) is 14.9. The van der Waals surface area contributed by atoms with Crippen molar-refractivity contribution >= 4 is 56.5 Å². The van der Waals surface area contributed by atoms with E-state index in [1.807, 2.05) is 31.2 Å². The van der Waals surface area contributed by atoms with Crippen molar-refractivity contribution in [1.82, 2.24) is 9.97 Å². The number of nitrogens with zero attached hydrogens (tertiary/aromatic N) is 2. The van der Waals surface area contributed by atoms with Gasteiger partial charge in [0.05, 0.1) is 17.7 Å². The largest absolute Gasteiger partial charge is 0.497 e. The summed E-state index contributed by atoms with van der Waals surface area (Å²) in [6.07, 6.45) is 2.18. The van der Waals surface area contributed by atoms with Crippen LogP contribution in [0.1, 0.15) is 20.3 Å². The van der Waals surface area contributed by atoms with E-state index in [1.165, 1.54) is 18.7 Å². The maximum absolute atomic E-state index is 13.1. The highest BCUT2D eigenvalue weighted by molar-refractivity contribution is 8.00. The zero-order valence-corrected chi connectivity index (χ0v) is 20.6. The van der Waals surface area contributed by atoms with Gasteiger partial charge in [-0.15, -0.1) is 11.3 Å². The maximum atomic E-state index is 13.1. The van der Waals surface area contributed by atoms with Crippen LogP contribution in [0.2, 0.25) is 0 Å². The normalized spacial score (nSPS) is 11.7. The first-order valence-electron chi connectivity index (χ1n) is 10.7. The van der Waals surface area contributed by atoms with Crippen LogP contribution in [0.3, 0.4) is 0 Å². The van der Waals surface area contributed by atoms with Crippen molar-refractivity contribution in [3.8, 4) is 16.9 Å². The zero-order chi connectivity index (χ0) is 24.1. The Labute approximate surface area is 206 Å². The highest BCUT2D eigenvalue weighted by Gasteiger charge is 2.22. The Morgan fingerprint density at radius 1 is 1.03 bits per heavy atom. The van der Waals surface area contributed by atoms with Crippen LogP contribution in [0.4, 0.5) is 11.4 Å². The van der Waals surface area contributed by atoms with Gasteiger partial charge in [0, 0.05) is 29.2 Å². The molecule has 34 heavy (non-hydrogen) atoms. The van der Waals surface area contributed by atoms with E-state index in [2.05, 4.69) is 26.0 Å². The lowest BCUT2D eigenvalue weighted by Crippen LogP contribution is -2.24. The fraction of sp³-hybridized carbons (Fsp3) is 0.200. The molecule has 0 bridgehead atoms. The van der Waals surface area contributed by atoms with Gasteiger partial charge in [0.1, 0.15) is 21.9 Å². The zero-order valence-electron chi connectivity index (χ0n) is 19.0. The summed E-state index contributed by atoms with van der Waals surface area (Å²) in [5.74, 6) is 0.549. The van der Waals surface area contributed by atoms with Crippen LogP contribution in [0, 0.1) is 0 Å². The van der Waals surface area contributed by atoms with E-state index in [9.17, 15) is 9.59 Å². The van der Waals surface area contributed by atoms with Crippen LogP contribution in [0.25, 0.3) is 21.3 Å². The molecular formula is C25H24N4O3S2. The molecule has 0 spiro atoms. The molecule has 2 N–H and O–H groups in total. The summed E-state index contributed by atoms with van der Waals surface area (Å²) >= 11 is 3.00. The summed E-state index contributed by atoms with van der Waals surface area (Å²) in [7, 11) is 1.64. The van der Waals surface area contributed by atoms with Crippen LogP contribution < -0.4 is 15.4 Å². The van der Waals surface area contributed by atoms with Crippen molar-refractivity contribution in [3.05, 3.63) is 60.2 Å². The molecule has 2 amide bonds. The second kappa shape index (κ2) is 10.7. The van der Waals surface area contributed by atoms with Crippen LogP contribution in [-0.4, -0.2) is 34.1 Å². The summed E-state index contributed by atoms with van der Waals surface area (Å²) in [4.78, 5) is 34.1. The molecule has 2 aromatic carbocycles. The van der Waals surface area contributed by atoms with Gasteiger partial charge in [0.25, 0.3) is 0 Å². The number of carbonyl (C=O) groups excluding carboxylic acids is 2. The standard InChI is InChI=1S/C25H24N4O3S2/c1-4-21(23(31)29-18-9-7-17(8-10-18)28-15(2)30)34-25-22-20(13-33-24(22)26-14-27-25)16-5-11-19(32-3)12-6-16/h5-14,21H,4H2,1-3H3,(H,28,30)(H,29,31). The van der Waals surface area contributed by atoms with Gasteiger partial charge in [0.2, 0.25) is 11.8 Å². The SMILES string of the molecule is CCC(Sc1ncnc2scc(-c3ccc(OC)cc3)c12)C(=O)Nc1ccc(NC(C)=O)cc1. The Hall–Kier alpha value is -3.43. The lowest BCUT2D eigenvalue weighted by molar-refractivity contribution is -0.116. The molecule has 7 nitrogen and oxygen atoms in total. The number of amides is 2. The molecule has 4 aromatic rings. The molecule has 0 aliphatic heterocycles. The number of benzene rings is 2. The van der Waals surface area contributed by atoms with Gasteiger partial charge in [-0.3, -0.25) is 9.59 Å². The monoisotopic (exact) mass is 492 g/mol. The number of aromatic nitrogens is 2.